The van der Waals surface area contributed by atoms with Crippen LogP contribution in [0.1, 0.15) is 37.4 Å². The maximum atomic E-state index is 11.8. The van der Waals surface area contributed by atoms with E-state index in [4.69, 9.17) is 4.74 Å². The van der Waals surface area contributed by atoms with Crippen molar-refractivity contribution < 1.29 is 13.2 Å². The summed E-state index contributed by atoms with van der Waals surface area (Å²) in [5.41, 5.74) is 0.982. The Bertz CT molecular complexity index is 746. The van der Waals surface area contributed by atoms with Crippen LogP contribution in [0.3, 0.4) is 0 Å². The van der Waals surface area contributed by atoms with E-state index in [9.17, 15) is 8.42 Å². The van der Waals surface area contributed by atoms with Gasteiger partial charge in [0, 0.05) is 12.5 Å². The van der Waals surface area contributed by atoms with Crippen LogP contribution in [0.4, 0.5) is 0 Å². The first kappa shape index (κ1) is 15.1. The number of para-hydroxylation sites is 1. The molecule has 0 atom stereocenters. The van der Waals surface area contributed by atoms with Gasteiger partial charge in [-0.2, -0.15) is 5.10 Å². The quantitative estimate of drug-likeness (QED) is 0.850. The zero-order valence-corrected chi connectivity index (χ0v) is 13.4. The average Bonchev–Trinajstić information content (AvgIpc) is 3.15. The third kappa shape index (κ3) is 3.16. The van der Waals surface area contributed by atoms with Crippen molar-refractivity contribution >= 4 is 9.84 Å². The van der Waals surface area contributed by atoms with E-state index >= 15 is 0 Å². The Morgan fingerprint density at radius 1 is 1.23 bits per heavy atom. The fraction of sp³-hybridized carbons (Fsp3) is 0.438. The van der Waals surface area contributed by atoms with Crippen molar-refractivity contribution in [2.75, 3.05) is 6.26 Å². The third-order valence-electron chi connectivity index (χ3n) is 4.05. The Balaban J connectivity index is 1.78. The van der Waals surface area contributed by atoms with Crippen LogP contribution in [-0.4, -0.2) is 24.5 Å². The highest BCUT2D eigenvalue weighted by molar-refractivity contribution is 7.90. The summed E-state index contributed by atoms with van der Waals surface area (Å²) in [6.07, 6.45) is 7.74. The van der Waals surface area contributed by atoms with Crippen LogP contribution in [0, 0.1) is 0 Å². The first-order valence-electron chi connectivity index (χ1n) is 7.50. The van der Waals surface area contributed by atoms with Gasteiger partial charge in [0.05, 0.1) is 11.7 Å². The van der Waals surface area contributed by atoms with E-state index in [0.717, 1.165) is 18.5 Å². The van der Waals surface area contributed by atoms with Crippen LogP contribution in [0.2, 0.25) is 0 Å². The molecule has 1 saturated carbocycles. The van der Waals surface area contributed by atoms with Crippen LogP contribution in [0.15, 0.2) is 41.4 Å². The second-order valence-electron chi connectivity index (χ2n) is 5.71. The maximum Gasteiger partial charge on any atom is 0.179 e. The van der Waals surface area contributed by atoms with Crippen molar-refractivity contribution in [2.45, 2.75) is 43.2 Å². The molecule has 0 unspecified atom stereocenters. The smallest absolute Gasteiger partial charge is 0.179 e. The molecule has 0 spiro atoms. The largest absolute Gasteiger partial charge is 0.486 e. The first-order valence-corrected chi connectivity index (χ1v) is 9.39. The summed E-state index contributed by atoms with van der Waals surface area (Å²) in [5.74, 6) is 0.393. The topological polar surface area (TPSA) is 61.2 Å². The Morgan fingerprint density at radius 2 is 1.95 bits per heavy atom. The summed E-state index contributed by atoms with van der Waals surface area (Å²) in [6.45, 7) is 0.322. The average molecular weight is 320 g/mol. The molecule has 1 heterocycles. The number of aromatic nitrogens is 2. The number of hydrogen-bond acceptors (Lipinski definition) is 4. The molecule has 22 heavy (non-hydrogen) atoms. The number of nitrogens with zero attached hydrogens (tertiary/aromatic N) is 2. The molecular weight excluding hydrogens is 300 g/mol. The van der Waals surface area contributed by atoms with Gasteiger partial charge in [-0.15, -0.1) is 0 Å². The van der Waals surface area contributed by atoms with Gasteiger partial charge in [0.15, 0.2) is 9.84 Å². The summed E-state index contributed by atoms with van der Waals surface area (Å²) < 4.78 is 31.4. The number of ether oxygens (including phenoxy) is 1. The van der Waals surface area contributed by atoms with Crippen molar-refractivity contribution in [3.05, 3.63) is 42.2 Å². The van der Waals surface area contributed by atoms with Gasteiger partial charge < -0.3 is 4.74 Å². The standard InChI is InChI=1S/C16H20N2O3S/c1-22(19,20)16-9-5-4-8-15(16)21-12-14-10-11-17-18(14)13-6-2-3-7-13/h4-5,8-11,13H,2-3,6-7,12H2,1H3. The molecule has 0 saturated heterocycles. The molecule has 0 radical (unpaired) electrons. The maximum absolute atomic E-state index is 11.8. The zero-order chi connectivity index (χ0) is 15.6. The molecule has 3 rings (SSSR count). The van der Waals surface area contributed by atoms with Gasteiger partial charge in [0.25, 0.3) is 0 Å². The van der Waals surface area contributed by atoms with Gasteiger partial charge in [-0.25, -0.2) is 8.42 Å². The van der Waals surface area contributed by atoms with Crippen LogP contribution >= 0.6 is 0 Å². The molecule has 2 aromatic rings. The molecule has 0 bridgehead atoms. The lowest BCUT2D eigenvalue weighted by molar-refractivity contribution is 0.277. The molecule has 1 aliphatic carbocycles. The summed E-state index contributed by atoms with van der Waals surface area (Å²) in [6, 6.07) is 9.11. The Morgan fingerprint density at radius 3 is 2.68 bits per heavy atom. The fourth-order valence-corrected chi connectivity index (χ4v) is 3.78. The summed E-state index contributed by atoms with van der Waals surface area (Å²) in [5, 5.41) is 4.40. The van der Waals surface area contributed by atoms with Crippen molar-refractivity contribution in [1.29, 1.82) is 0 Å². The molecule has 1 aromatic heterocycles. The van der Waals surface area contributed by atoms with E-state index < -0.39 is 9.84 Å². The van der Waals surface area contributed by atoms with E-state index in [-0.39, 0.29) is 4.90 Å². The number of hydrogen-bond donors (Lipinski definition) is 0. The Kier molecular flexibility index (Phi) is 4.20. The molecule has 0 aliphatic heterocycles. The van der Waals surface area contributed by atoms with Crippen LogP contribution < -0.4 is 4.74 Å². The minimum absolute atomic E-state index is 0.224. The second kappa shape index (κ2) is 6.12. The molecule has 0 N–H and O–H groups in total. The second-order valence-corrected chi connectivity index (χ2v) is 7.70. The van der Waals surface area contributed by atoms with Crippen LogP contribution in [-0.2, 0) is 16.4 Å². The third-order valence-corrected chi connectivity index (χ3v) is 5.18. The number of benzene rings is 1. The fourth-order valence-electron chi connectivity index (χ4n) is 2.96. The predicted octanol–water partition coefficient (Wildman–Crippen LogP) is 2.98. The molecule has 118 valence electrons. The van der Waals surface area contributed by atoms with Crippen LogP contribution in [0.25, 0.3) is 0 Å². The van der Waals surface area contributed by atoms with Crippen molar-refractivity contribution in [3.63, 3.8) is 0 Å². The summed E-state index contributed by atoms with van der Waals surface area (Å²) in [4.78, 5) is 0.224. The zero-order valence-electron chi connectivity index (χ0n) is 12.6. The minimum atomic E-state index is -3.30. The lowest BCUT2D eigenvalue weighted by Crippen LogP contribution is -2.12. The molecule has 5 nitrogen and oxygen atoms in total. The van der Waals surface area contributed by atoms with E-state index in [1.54, 1.807) is 30.5 Å². The van der Waals surface area contributed by atoms with E-state index in [1.807, 2.05) is 10.7 Å². The number of sulfone groups is 1. The Labute approximate surface area is 130 Å². The molecule has 0 amide bonds. The lowest BCUT2D eigenvalue weighted by atomic mass is 10.2. The summed E-state index contributed by atoms with van der Waals surface area (Å²) in [7, 11) is -3.30. The first-order chi connectivity index (χ1) is 10.6. The molecule has 1 aromatic carbocycles. The lowest BCUT2D eigenvalue weighted by Gasteiger charge is -2.15. The molecule has 1 fully saturated rings. The highest BCUT2D eigenvalue weighted by Gasteiger charge is 2.20. The van der Waals surface area contributed by atoms with Crippen molar-refractivity contribution in [1.82, 2.24) is 9.78 Å². The number of rotatable bonds is 5. The van der Waals surface area contributed by atoms with Gasteiger partial charge in [-0.1, -0.05) is 25.0 Å². The highest BCUT2D eigenvalue weighted by atomic mass is 32.2. The van der Waals surface area contributed by atoms with Crippen molar-refractivity contribution in [3.8, 4) is 5.75 Å². The molecule has 6 heteroatoms. The minimum Gasteiger partial charge on any atom is -0.486 e. The van der Waals surface area contributed by atoms with Crippen molar-refractivity contribution in [2.24, 2.45) is 0 Å². The highest BCUT2D eigenvalue weighted by Crippen LogP contribution is 2.30. The normalized spacial score (nSPS) is 16.0. The SMILES string of the molecule is CS(=O)(=O)c1ccccc1OCc1ccnn1C1CCCC1. The van der Waals surface area contributed by atoms with Gasteiger partial charge in [-0.05, 0) is 31.0 Å². The monoisotopic (exact) mass is 320 g/mol. The van der Waals surface area contributed by atoms with E-state index in [1.165, 1.54) is 19.1 Å². The predicted molar refractivity (Wildman–Crippen MR) is 83.6 cm³/mol. The van der Waals surface area contributed by atoms with Gasteiger partial charge in [-0.3, -0.25) is 4.68 Å². The summed E-state index contributed by atoms with van der Waals surface area (Å²) >= 11 is 0. The molecule has 1 aliphatic rings. The Hall–Kier alpha value is -1.82. The van der Waals surface area contributed by atoms with Crippen LogP contribution in [0.5, 0.6) is 5.75 Å². The van der Waals surface area contributed by atoms with E-state index in [0.29, 0.717) is 18.4 Å². The molecular formula is C16H20N2O3S. The van der Waals surface area contributed by atoms with E-state index in [2.05, 4.69) is 5.10 Å². The van der Waals surface area contributed by atoms with Gasteiger partial charge in [0.1, 0.15) is 17.3 Å². The van der Waals surface area contributed by atoms with Gasteiger partial charge >= 0.3 is 0 Å². The van der Waals surface area contributed by atoms with Gasteiger partial charge in [0.2, 0.25) is 0 Å².